The van der Waals surface area contributed by atoms with Gasteiger partial charge >= 0.3 is 6.18 Å². The fourth-order valence-corrected chi connectivity index (χ4v) is 4.00. The molecule has 2 aromatic carbocycles. The molecule has 0 aliphatic carbocycles. The van der Waals surface area contributed by atoms with Crippen molar-refractivity contribution in [1.29, 1.82) is 0 Å². The van der Waals surface area contributed by atoms with Crippen molar-refractivity contribution in [3.8, 4) is 0 Å². The number of alkyl halides is 3. The third-order valence-electron chi connectivity index (χ3n) is 5.48. The first-order valence-electron chi connectivity index (χ1n) is 10.8. The largest absolute Gasteiger partial charge is 0.416 e. The van der Waals surface area contributed by atoms with Gasteiger partial charge in [0.1, 0.15) is 10.8 Å². The summed E-state index contributed by atoms with van der Waals surface area (Å²) in [6.45, 7) is 6.68. The lowest BCUT2D eigenvalue weighted by Crippen LogP contribution is -2.33. The average Bonchev–Trinajstić information content (AvgIpc) is 2.77. The molecular weight excluding hydrogens is 520 g/mol. The van der Waals surface area contributed by atoms with Gasteiger partial charge in [-0.2, -0.15) is 13.2 Å². The van der Waals surface area contributed by atoms with Crippen LogP contribution in [0.15, 0.2) is 54.6 Å². The predicted octanol–water partition coefficient (Wildman–Crippen LogP) is 8.24. The van der Waals surface area contributed by atoms with Crippen molar-refractivity contribution >= 4 is 40.7 Å². The molecule has 1 heterocycles. The molecule has 1 aromatic heterocycles. The fraction of sp³-hybridized carbons (Fsp3) is 0.308. The summed E-state index contributed by atoms with van der Waals surface area (Å²) in [7, 11) is 0. The third kappa shape index (κ3) is 7.35. The standard InChI is InChI=1S/C26H24Cl3F3N2O/c1-25(2,3)18-7-4-17(5-8-18)15-34(11-10-16-6-9-20(27)21(28)12-16)24(35)22-13-19(26(30,31)32)14-23(29)33-22/h4-9,12-14H,10-11,15H2,1-3H3. The van der Waals surface area contributed by atoms with Gasteiger partial charge in [-0.15, -0.1) is 0 Å². The third-order valence-corrected chi connectivity index (χ3v) is 6.41. The monoisotopic (exact) mass is 542 g/mol. The van der Waals surface area contributed by atoms with Crippen LogP contribution < -0.4 is 0 Å². The predicted molar refractivity (Wildman–Crippen MR) is 134 cm³/mol. The van der Waals surface area contributed by atoms with Gasteiger partial charge in [0.2, 0.25) is 0 Å². The van der Waals surface area contributed by atoms with Crippen LogP contribution in [0.2, 0.25) is 15.2 Å². The molecule has 0 atom stereocenters. The van der Waals surface area contributed by atoms with Gasteiger partial charge in [0, 0.05) is 13.1 Å². The molecule has 35 heavy (non-hydrogen) atoms. The first kappa shape index (κ1) is 27.3. The number of amides is 1. The van der Waals surface area contributed by atoms with Crippen LogP contribution in [-0.2, 0) is 24.6 Å². The molecular formula is C26H24Cl3F3N2O. The van der Waals surface area contributed by atoms with Crippen molar-refractivity contribution in [2.24, 2.45) is 0 Å². The molecule has 3 aromatic rings. The second-order valence-corrected chi connectivity index (χ2v) is 10.4. The highest BCUT2D eigenvalue weighted by Crippen LogP contribution is 2.31. The fourth-order valence-electron chi connectivity index (χ4n) is 3.47. The minimum Gasteiger partial charge on any atom is -0.333 e. The Balaban J connectivity index is 1.91. The maximum atomic E-state index is 13.3. The van der Waals surface area contributed by atoms with Gasteiger partial charge in [0.25, 0.3) is 5.91 Å². The Morgan fingerprint density at radius 3 is 2.06 bits per heavy atom. The number of benzene rings is 2. The van der Waals surface area contributed by atoms with Crippen LogP contribution in [0.25, 0.3) is 0 Å². The number of nitrogens with zero attached hydrogens (tertiary/aromatic N) is 2. The van der Waals surface area contributed by atoms with Crippen LogP contribution in [0.4, 0.5) is 13.2 Å². The number of pyridine rings is 1. The molecule has 3 nitrogen and oxygen atoms in total. The second kappa shape index (κ2) is 10.8. The molecule has 1 amide bonds. The van der Waals surface area contributed by atoms with E-state index in [9.17, 15) is 18.0 Å². The number of halogens is 6. The minimum atomic E-state index is -4.66. The Labute approximate surface area is 217 Å². The Kier molecular flexibility index (Phi) is 8.40. The van der Waals surface area contributed by atoms with E-state index in [0.29, 0.717) is 22.5 Å². The molecule has 0 fully saturated rings. The van der Waals surface area contributed by atoms with Gasteiger partial charge in [-0.25, -0.2) is 4.98 Å². The lowest BCUT2D eigenvalue weighted by atomic mass is 9.87. The average molecular weight is 544 g/mol. The van der Waals surface area contributed by atoms with E-state index < -0.39 is 22.8 Å². The lowest BCUT2D eigenvalue weighted by molar-refractivity contribution is -0.137. The quantitative estimate of drug-likeness (QED) is 0.293. The summed E-state index contributed by atoms with van der Waals surface area (Å²) in [4.78, 5) is 18.7. The second-order valence-electron chi connectivity index (χ2n) is 9.23. The zero-order valence-electron chi connectivity index (χ0n) is 19.4. The molecule has 186 valence electrons. The van der Waals surface area contributed by atoms with Crippen LogP contribution in [0.5, 0.6) is 0 Å². The smallest absolute Gasteiger partial charge is 0.333 e. The first-order chi connectivity index (χ1) is 16.2. The number of hydrogen-bond acceptors (Lipinski definition) is 2. The highest BCUT2D eigenvalue weighted by molar-refractivity contribution is 6.42. The minimum absolute atomic E-state index is 0.0411. The topological polar surface area (TPSA) is 33.2 Å². The van der Waals surface area contributed by atoms with E-state index in [0.717, 1.165) is 22.8 Å². The van der Waals surface area contributed by atoms with Gasteiger partial charge < -0.3 is 4.90 Å². The number of hydrogen-bond donors (Lipinski definition) is 0. The zero-order chi connectivity index (χ0) is 26.0. The molecule has 3 rings (SSSR count). The van der Waals surface area contributed by atoms with E-state index in [1.54, 1.807) is 18.2 Å². The van der Waals surface area contributed by atoms with Crippen LogP contribution in [0.3, 0.4) is 0 Å². The molecule has 0 spiro atoms. The number of carbonyl (C=O) groups excluding carboxylic acids is 1. The van der Waals surface area contributed by atoms with E-state index in [1.807, 2.05) is 24.3 Å². The van der Waals surface area contributed by atoms with Gasteiger partial charge in [-0.1, -0.05) is 85.9 Å². The summed E-state index contributed by atoms with van der Waals surface area (Å²) < 4.78 is 39.9. The highest BCUT2D eigenvalue weighted by atomic mass is 35.5. The Morgan fingerprint density at radius 1 is 0.857 bits per heavy atom. The molecule has 0 radical (unpaired) electrons. The maximum Gasteiger partial charge on any atom is 0.416 e. The molecule has 0 aliphatic rings. The van der Waals surface area contributed by atoms with Crippen LogP contribution in [0.1, 0.15) is 53.5 Å². The van der Waals surface area contributed by atoms with Gasteiger partial charge in [-0.3, -0.25) is 4.79 Å². The Hall–Kier alpha value is -2.28. The number of rotatable bonds is 6. The Bertz CT molecular complexity index is 1210. The molecule has 0 saturated heterocycles. The number of carbonyl (C=O) groups is 1. The van der Waals surface area contributed by atoms with E-state index in [1.165, 1.54) is 4.90 Å². The van der Waals surface area contributed by atoms with E-state index in [-0.39, 0.29) is 24.2 Å². The van der Waals surface area contributed by atoms with Crippen molar-refractivity contribution in [2.75, 3.05) is 6.54 Å². The normalized spacial score (nSPS) is 12.0. The lowest BCUT2D eigenvalue weighted by Gasteiger charge is -2.24. The van der Waals surface area contributed by atoms with Gasteiger partial charge in [0.05, 0.1) is 15.6 Å². The van der Waals surface area contributed by atoms with Crippen molar-refractivity contribution < 1.29 is 18.0 Å². The van der Waals surface area contributed by atoms with E-state index >= 15 is 0 Å². The van der Waals surface area contributed by atoms with Crippen LogP contribution in [-0.4, -0.2) is 22.3 Å². The van der Waals surface area contributed by atoms with Crippen molar-refractivity contribution in [3.63, 3.8) is 0 Å². The number of aromatic nitrogens is 1. The maximum absolute atomic E-state index is 13.3. The first-order valence-corrected chi connectivity index (χ1v) is 11.9. The SMILES string of the molecule is CC(C)(C)c1ccc(CN(CCc2ccc(Cl)c(Cl)c2)C(=O)c2cc(C(F)(F)F)cc(Cl)n2)cc1. The van der Waals surface area contributed by atoms with Gasteiger partial charge in [0.15, 0.2) is 0 Å². The molecule has 0 unspecified atom stereocenters. The van der Waals surface area contributed by atoms with Crippen molar-refractivity contribution in [1.82, 2.24) is 9.88 Å². The summed E-state index contributed by atoms with van der Waals surface area (Å²) in [6.07, 6.45) is -4.25. The van der Waals surface area contributed by atoms with E-state index in [4.69, 9.17) is 34.8 Å². The zero-order valence-corrected chi connectivity index (χ0v) is 21.7. The highest BCUT2D eigenvalue weighted by Gasteiger charge is 2.33. The molecule has 0 saturated carbocycles. The van der Waals surface area contributed by atoms with Crippen LogP contribution in [0, 0.1) is 0 Å². The van der Waals surface area contributed by atoms with Gasteiger partial charge in [-0.05, 0) is 52.8 Å². The molecule has 9 heteroatoms. The summed E-state index contributed by atoms with van der Waals surface area (Å²) in [5, 5.41) is 0.387. The molecule has 0 aliphatic heterocycles. The summed E-state index contributed by atoms with van der Waals surface area (Å²) in [5.41, 5.74) is 1.35. The van der Waals surface area contributed by atoms with Crippen molar-refractivity contribution in [3.05, 3.63) is 97.7 Å². The molecule has 0 bridgehead atoms. The molecule has 0 N–H and O–H groups in total. The Morgan fingerprint density at radius 2 is 1.49 bits per heavy atom. The summed E-state index contributed by atoms with van der Waals surface area (Å²) >= 11 is 17.9. The summed E-state index contributed by atoms with van der Waals surface area (Å²) in [6, 6.07) is 14.3. The van der Waals surface area contributed by atoms with Crippen molar-refractivity contribution in [2.45, 2.75) is 45.3 Å². The van der Waals surface area contributed by atoms with E-state index in [2.05, 4.69) is 25.8 Å². The van der Waals surface area contributed by atoms with Crippen LogP contribution >= 0.6 is 34.8 Å². The summed E-state index contributed by atoms with van der Waals surface area (Å²) in [5.74, 6) is -0.655.